The summed E-state index contributed by atoms with van der Waals surface area (Å²) in [6, 6.07) is 8.29. The van der Waals surface area contributed by atoms with Crippen LogP contribution in [-0.4, -0.2) is 60.2 Å². The van der Waals surface area contributed by atoms with E-state index in [9.17, 15) is 14.4 Å². The lowest BCUT2D eigenvalue weighted by Crippen LogP contribution is -2.49. The molecule has 2 fully saturated rings. The molecule has 6 nitrogen and oxygen atoms in total. The van der Waals surface area contributed by atoms with Crippen molar-refractivity contribution in [3.63, 3.8) is 0 Å². The number of allylic oxidation sites excluding steroid dienone is 2. The fourth-order valence-corrected chi connectivity index (χ4v) is 4.57. The molecule has 6 heteroatoms. The van der Waals surface area contributed by atoms with Crippen LogP contribution >= 0.6 is 0 Å². The number of amides is 3. The van der Waals surface area contributed by atoms with E-state index in [1.54, 1.807) is 0 Å². The van der Waals surface area contributed by atoms with Gasteiger partial charge in [0.2, 0.25) is 17.7 Å². The minimum atomic E-state index is -0.217. The van der Waals surface area contributed by atoms with E-state index < -0.39 is 0 Å². The fraction of sp³-hybridized carbons (Fsp3) is 0.500. The second-order valence-corrected chi connectivity index (χ2v) is 7.89. The summed E-state index contributed by atoms with van der Waals surface area (Å²) in [5.74, 6) is -0.610. The van der Waals surface area contributed by atoms with Crippen LogP contribution in [0.3, 0.4) is 0 Å². The maximum absolute atomic E-state index is 12.6. The number of hydrogen-bond donors (Lipinski definition) is 0. The van der Waals surface area contributed by atoms with E-state index >= 15 is 0 Å². The van der Waals surface area contributed by atoms with Gasteiger partial charge >= 0.3 is 0 Å². The third-order valence-corrected chi connectivity index (χ3v) is 6.24. The molecule has 148 valence electrons. The van der Waals surface area contributed by atoms with Crippen LogP contribution < -0.4 is 4.90 Å². The highest BCUT2D eigenvalue weighted by Crippen LogP contribution is 2.35. The number of likely N-dealkylation sites (tertiary alicyclic amines) is 1. The number of benzene rings is 1. The molecule has 1 aliphatic carbocycles. The molecule has 0 N–H and O–H groups in total. The first-order chi connectivity index (χ1) is 13.6. The number of carbonyl (C=O) groups excluding carboxylic acids is 3. The molecule has 2 saturated heterocycles. The highest BCUT2D eigenvalue weighted by Gasteiger charge is 2.47. The Hall–Kier alpha value is -2.63. The summed E-state index contributed by atoms with van der Waals surface area (Å²) in [5.41, 5.74) is 2.46. The molecular weight excluding hydrogens is 354 g/mol. The summed E-state index contributed by atoms with van der Waals surface area (Å²) in [6.07, 6.45) is 5.46. The maximum Gasteiger partial charge on any atom is 0.233 e. The second-order valence-electron chi connectivity index (χ2n) is 7.89. The summed E-state index contributed by atoms with van der Waals surface area (Å²) >= 11 is 0. The highest BCUT2D eigenvalue weighted by molar-refractivity contribution is 6.05. The first-order valence-electron chi connectivity index (χ1n) is 10.1. The Kier molecular flexibility index (Phi) is 5.20. The zero-order chi connectivity index (χ0) is 19.7. The number of anilines is 1. The smallest absolute Gasteiger partial charge is 0.233 e. The number of rotatable bonds is 4. The predicted molar refractivity (Wildman–Crippen MR) is 107 cm³/mol. The summed E-state index contributed by atoms with van der Waals surface area (Å²) < 4.78 is 0. The molecule has 1 aromatic rings. The second kappa shape index (κ2) is 7.78. The zero-order valence-corrected chi connectivity index (χ0v) is 16.3. The van der Waals surface area contributed by atoms with Gasteiger partial charge in [-0.15, -0.1) is 0 Å². The lowest BCUT2D eigenvalue weighted by Gasteiger charge is -2.37. The Labute approximate surface area is 165 Å². The van der Waals surface area contributed by atoms with E-state index in [4.69, 9.17) is 0 Å². The fourth-order valence-electron chi connectivity index (χ4n) is 4.57. The number of hydrogen-bond acceptors (Lipinski definition) is 4. The van der Waals surface area contributed by atoms with Gasteiger partial charge in [-0.2, -0.15) is 0 Å². The van der Waals surface area contributed by atoms with Crippen molar-refractivity contribution >= 4 is 23.4 Å². The van der Waals surface area contributed by atoms with E-state index in [0.717, 1.165) is 13.1 Å². The van der Waals surface area contributed by atoms with Gasteiger partial charge in [-0.05, 0) is 31.4 Å². The van der Waals surface area contributed by atoms with Crippen LogP contribution in [0.2, 0.25) is 0 Å². The van der Waals surface area contributed by atoms with Gasteiger partial charge in [0.25, 0.3) is 0 Å². The average Bonchev–Trinajstić information content (AvgIpc) is 2.97. The van der Waals surface area contributed by atoms with Gasteiger partial charge in [-0.25, -0.2) is 0 Å². The Bertz CT molecular complexity index is 785. The quantitative estimate of drug-likeness (QED) is 0.591. The summed E-state index contributed by atoms with van der Waals surface area (Å²) in [4.78, 5) is 43.1. The van der Waals surface area contributed by atoms with Crippen LogP contribution in [-0.2, 0) is 14.4 Å². The number of carbonyl (C=O) groups is 3. The van der Waals surface area contributed by atoms with Gasteiger partial charge < -0.3 is 9.80 Å². The molecule has 2 aliphatic heterocycles. The molecule has 3 aliphatic rings. The molecule has 4 rings (SSSR count). The molecule has 0 aromatic heterocycles. The molecular formula is C22H27N3O3. The van der Waals surface area contributed by atoms with Crippen molar-refractivity contribution in [1.82, 2.24) is 9.80 Å². The predicted octanol–water partition coefficient (Wildman–Crippen LogP) is 1.98. The Morgan fingerprint density at radius 1 is 0.964 bits per heavy atom. The Balaban J connectivity index is 1.29. The summed E-state index contributed by atoms with van der Waals surface area (Å²) in [5, 5.41) is 0. The third-order valence-electron chi connectivity index (χ3n) is 6.24. The van der Waals surface area contributed by atoms with Crippen molar-refractivity contribution in [2.45, 2.75) is 26.2 Å². The monoisotopic (exact) mass is 381 g/mol. The Morgan fingerprint density at radius 3 is 2.18 bits per heavy atom. The molecule has 0 radical (unpaired) electrons. The van der Waals surface area contributed by atoms with E-state index in [1.807, 2.05) is 29.2 Å². The van der Waals surface area contributed by atoms with Crippen LogP contribution in [0.1, 0.15) is 24.8 Å². The molecule has 2 atom stereocenters. The van der Waals surface area contributed by atoms with Crippen LogP contribution in [0.25, 0.3) is 0 Å². The minimum absolute atomic E-state index is 0.0260. The van der Waals surface area contributed by atoms with Crippen molar-refractivity contribution in [2.24, 2.45) is 11.8 Å². The molecule has 0 bridgehead atoms. The van der Waals surface area contributed by atoms with Gasteiger partial charge in [0.05, 0.1) is 11.8 Å². The van der Waals surface area contributed by atoms with Crippen molar-refractivity contribution in [3.05, 3.63) is 42.0 Å². The van der Waals surface area contributed by atoms with Crippen LogP contribution in [0.4, 0.5) is 5.69 Å². The molecule has 0 unspecified atom stereocenters. The molecule has 3 amide bonds. The topological polar surface area (TPSA) is 60.9 Å². The first kappa shape index (κ1) is 18.7. The van der Waals surface area contributed by atoms with E-state index in [1.165, 1.54) is 16.2 Å². The number of fused-ring (bicyclic) bond motifs is 1. The minimum Gasteiger partial charge on any atom is -0.368 e. The van der Waals surface area contributed by atoms with Crippen LogP contribution in [0.15, 0.2) is 36.4 Å². The molecule has 1 aromatic carbocycles. The van der Waals surface area contributed by atoms with Gasteiger partial charge in [0, 0.05) is 44.8 Å². The van der Waals surface area contributed by atoms with Gasteiger partial charge in [-0.3, -0.25) is 19.3 Å². The zero-order valence-electron chi connectivity index (χ0n) is 16.3. The van der Waals surface area contributed by atoms with Gasteiger partial charge in [-0.1, -0.05) is 30.4 Å². The average molecular weight is 381 g/mol. The lowest BCUT2D eigenvalue weighted by atomic mass is 9.85. The SMILES string of the molecule is Cc1ccccc1N1CCN(C(=O)CCN2C(=O)[C@H]3CC=CC[C@H]3C2=O)CC1. The summed E-state index contributed by atoms with van der Waals surface area (Å²) in [6.45, 7) is 5.25. The molecule has 28 heavy (non-hydrogen) atoms. The van der Waals surface area contributed by atoms with Crippen molar-refractivity contribution in [1.29, 1.82) is 0 Å². The number of imide groups is 1. The lowest BCUT2D eigenvalue weighted by molar-refractivity contribution is -0.140. The Morgan fingerprint density at radius 2 is 1.57 bits per heavy atom. The number of piperazine rings is 1. The van der Waals surface area contributed by atoms with Crippen molar-refractivity contribution in [2.75, 3.05) is 37.6 Å². The number of aryl methyl sites for hydroxylation is 1. The number of para-hydroxylation sites is 1. The standard InChI is InChI=1S/C22H27N3O3/c1-16-6-2-5-9-19(16)23-12-14-24(15-13-23)20(26)10-11-25-21(27)17-7-3-4-8-18(17)22(25)28/h2-6,9,17-18H,7-8,10-15H2,1H3/t17-,18+. The van der Waals surface area contributed by atoms with Crippen molar-refractivity contribution in [3.8, 4) is 0 Å². The first-order valence-corrected chi connectivity index (χ1v) is 10.1. The molecule has 0 saturated carbocycles. The maximum atomic E-state index is 12.6. The van der Waals surface area contributed by atoms with Crippen LogP contribution in [0.5, 0.6) is 0 Å². The van der Waals surface area contributed by atoms with E-state index in [0.29, 0.717) is 25.9 Å². The van der Waals surface area contributed by atoms with Crippen LogP contribution in [0, 0.1) is 18.8 Å². The number of nitrogens with zero attached hydrogens (tertiary/aromatic N) is 3. The largest absolute Gasteiger partial charge is 0.368 e. The normalized spacial score (nSPS) is 24.7. The van der Waals surface area contributed by atoms with Crippen molar-refractivity contribution < 1.29 is 14.4 Å². The van der Waals surface area contributed by atoms with Gasteiger partial charge in [0.1, 0.15) is 0 Å². The molecule has 0 spiro atoms. The van der Waals surface area contributed by atoms with E-state index in [-0.39, 0.29) is 42.5 Å². The van der Waals surface area contributed by atoms with Gasteiger partial charge in [0.15, 0.2) is 0 Å². The molecule has 2 heterocycles. The third kappa shape index (κ3) is 3.43. The highest BCUT2D eigenvalue weighted by atomic mass is 16.2. The summed E-state index contributed by atoms with van der Waals surface area (Å²) in [7, 11) is 0. The van der Waals surface area contributed by atoms with E-state index in [2.05, 4.69) is 24.0 Å².